The van der Waals surface area contributed by atoms with Gasteiger partial charge in [-0.2, -0.15) is 0 Å². The molecule has 0 atom stereocenters. The molecule has 0 N–H and O–H groups in total. The van der Waals surface area contributed by atoms with Crippen molar-refractivity contribution in [2.75, 3.05) is 4.90 Å². The van der Waals surface area contributed by atoms with Gasteiger partial charge < -0.3 is 4.90 Å². The van der Waals surface area contributed by atoms with Crippen LogP contribution in [0.5, 0.6) is 0 Å². The van der Waals surface area contributed by atoms with Crippen molar-refractivity contribution < 1.29 is 0 Å². The van der Waals surface area contributed by atoms with Crippen LogP contribution < -0.4 is 4.90 Å². The lowest BCUT2D eigenvalue weighted by Gasteiger charge is -2.36. The monoisotopic (exact) mass is 681 g/mol. The highest BCUT2D eigenvalue weighted by molar-refractivity contribution is 7.99. The summed E-state index contributed by atoms with van der Waals surface area (Å²) in [6, 6.07) is 47.1. The van der Waals surface area contributed by atoms with Crippen LogP contribution in [0, 0.1) is 0 Å². The van der Waals surface area contributed by atoms with Crippen LogP contribution in [0.4, 0.5) is 17.1 Å². The third-order valence-corrected chi connectivity index (χ3v) is 12.7. The normalized spacial score (nSPS) is 15.2. The molecule has 2 heteroatoms. The van der Waals surface area contributed by atoms with Gasteiger partial charge in [-0.1, -0.05) is 159 Å². The zero-order valence-electron chi connectivity index (χ0n) is 31.4. The molecule has 1 spiro atoms. The highest BCUT2D eigenvalue weighted by Gasteiger charge is 2.53. The van der Waals surface area contributed by atoms with Gasteiger partial charge >= 0.3 is 0 Å². The Morgan fingerprint density at radius 1 is 0.412 bits per heavy atom. The van der Waals surface area contributed by atoms with Gasteiger partial charge in [-0.05, 0) is 114 Å². The number of nitrogens with zero attached hydrogens (tertiary/aromatic N) is 1. The largest absolute Gasteiger partial charge is 0.308 e. The third kappa shape index (κ3) is 4.68. The van der Waals surface area contributed by atoms with Crippen molar-refractivity contribution in [1.29, 1.82) is 0 Å². The summed E-state index contributed by atoms with van der Waals surface area (Å²) in [7, 11) is 0. The van der Waals surface area contributed by atoms with E-state index in [0.29, 0.717) is 0 Å². The van der Waals surface area contributed by atoms with Gasteiger partial charge in [0.2, 0.25) is 0 Å². The Morgan fingerprint density at radius 3 is 1.16 bits per heavy atom. The van der Waals surface area contributed by atoms with Crippen LogP contribution in [-0.2, 0) is 21.7 Å². The van der Waals surface area contributed by atoms with E-state index in [4.69, 9.17) is 0 Å². The van der Waals surface area contributed by atoms with Crippen molar-refractivity contribution in [2.24, 2.45) is 0 Å². The molecule has 1 nitrogen and oxygen atoms in total. The van der Waals surface area contributed by atoms with E-state index in [-0.39, 0.29) is 16.2 Å². The Hall–Kier alpha value is -4.53. The molecule has 2 aliphatic carbocycles. The van der Waals surface area contributed by atoms with E-state index in [0.717, 1.165) is 0 Å². The van der Waals surface area contributed by atoms with Gasteiger partial charge in [0.15, 0.2) is 0 Å². The van der Waals surface area contributed by atoms with Gasteiger partial charge in [-0.3, -0.25) is 0 Å². The number of benzene rings is 6. The second-order valence-electron chi connectivity index (χ2n) is 17.9. The molecule has 0 saturated carbocycles. The fourth-order valence-corrected chi connectivity index (χ4v) is 9.80. The number of hydrogen-bond donors (Lipinski definition) is 0. The molecule has 51 heavy (non-hydrogen) atoms. The van der Waals surface area contributed by atoms with Crippen molar-refractivity contribution in [2.45, 2.75) is 93.8 Å². The Balaban J connectivity index is 1.41. The highest BCUT2D eigenvalue weighted by Crippen LogP contribution is 2.65. The van der Waals surface area contributed by atoms with Gasteiger partial charge in [0.05, 0.1) is 16.8 Å². The third-order valence-electron chi connectivity index (χ3n) is 11.5. The van der Waals surface area contributed by atoms with Gasteiger partial charge in [0.25, 0.3) is 0 Å². The molecule has 6 aromatic carbocycles. The first kappa shape index (κ1) is 32.4. The summed E-state index contributed by atoms with van der Waals surface area (Å²) in [6.07, 6.45) is 0. The van der Waals surface area contributed by atoms with E-state index >= 15 is 0 Å². The second-order valence-corrected chi connectivity index (χ2v) is 19.0. The average Bonchev–Trinajstić information content (AvgIpc) is 3.55. The molecule has 9 rings (SSSR count). The molecule has 0 saturated heterocycles. The Bertz CT molecular complexity index is 2260. The lowest BCUT2D eigenvalue weighted by Crippen LogP contribution is -2.28. The minimum absolute atomic E-state index is 0.0137. The van der Waals surface area contributed by atoms with Crippen molar-refractivity contribution in [1.82, 2.24) is 0 Å². The van der Waals surface area contributed by atoms with Crippen molar-refractivity contribution in [3.05, 3.63) is 160 Å². The first-order valence-electron chi connectivity index (χ1n) is 18.4. The van der Waals surface area contributed by atoms with E-state index < -0.39 is 5.41 Å². The number of anilines is 3. The quantitative estimate of drug-likeness (QED) is 0.170. The summed E-state index contributed by atoms with van der Waals surface area (Å²) < 4.78 is 0. The maximum Gasteiger partial charge on any atom is 0.0726 e. The molecule has 3 aliphatic rings. The van der Waals surface area contributed by atoms with Crippen LogP contribution in [0.25, 0.3) is 22.3 Å². The second kappa shape index (κ2) is 10.7. The summed E-state index contributed by atoms with van der Waals surface area (Å²) in [4.78, 5) is 5.06. The van der Waals surface area contributed by atoms with Crippen LogP contribution >= 0.6 is 11.8 Å². The predicted octanol–water partition coefficient (Wildman–Crippen LogP) is 13.9. The zero-order chi connectivity index (χ0) is 35.7. The number of para-hydroxylation sites is 2. The zero-order valence-corrected chi connectivity index (χ0v) is 32.2. The minimum Gasteiger partial charge on any atom is -0.308 e. The Morgan fingerprint density at radius 2 is 0.765 bits per heavy atom. The maximum atomic E-state index is 2.56. The highest BCUT2D eigenvalue weighted by atomic mass is 32.2. The van der Waals surface area contributed by atoms with Crippen molar-refractivity contribution in [3.8, 4) is 22.3 Å². The molecular formula is C49H47NS. The van der Waals surface area contributed by atoms with E-state index in [1.54, 1.807) is 0 Å². The molecule has 1 aliphatic heterocycles. The van der Waals surface area contributed by atoms with Crippen LogP contribution in [0.1, 0.15) is 101 Å². The van der Waals surface area contributed by atoms with Gasteiger partial charge in [-0.15, -0.1) is 0 Å². The van der Waals surface area contributed by atoms with Gasteiger partial charge in [-0.25, -0.2) is 0 Å². The van der Waals surface area contributed by atoms with Crippen LogP contribution in [0.15, 0.2) is 131 Å². The number of hydrogen-bond acceptors (Lipinski definition) is 2. The molecule has 0 aromatic heterocycles. The van der Waals surface area contributed by atoms with Crippen LogP contribution in [0.3, 0.4) is 0 Å². The van der Waals surface area contributed by atoms with Crippen LogP contribution in [-0.4, -0.2) is 0 Å². The molecule has 0 bridgehead atoms. The fraction of sp³-hybridized carbons (Fsp3) is 0.265. The van der Waals surface area contributed by atoms with Gasteiger partial charge in [0, 0.05) is 15.5 Å². The average molecular weight is 682 g/mol. The number of fused-ring (bicyclic) bond motifs is 12. The Labute approximate surface area is 308 Å². The first-order chi connectivity index (χ1) is 24.2. The minimum atomic E-state index is -0.460. The summed E-state index contributed by atoms with van der Waals surface area (Å²) in [5.74, 6) is 0. The van der Waals surface area contributed by atoms with E-state index in [1.165, 1.54) is 88.1 Å². The van der Waals surface area contributed by atoms with E-state index in [2.05, 4.69) is 189 Å². The van der Waals surface area contributed by atoms with Crippen molar-refractivity contribution in [3.63, 3.8) is 0 Å². The molecule has 0 amide bonds. The fourth-order valence-electron chi connectivity index (χ4n) is 8.74. The van der Waals surface area contributed by atoms with E-state index in [1.807, 2.05) is 11.8 Å². The lowest BCUT2D eigenvalue weighted by atomic mass is 9.68. The lowest BCUT2D eigenvalue weighted by molar-refractivity contribution is 0.584. The van der Waals surface area contributed by atoms with E-state index in [9.17, 15) is 0 Å². The standard InChI is InChI=1S/C49H47NS/c1-46(2,3)30-18-22-34-35-23-19-31(47(4,5)6)27-39(35)49(38(34)26-30)40-28-32(48(7,8)9)20-24-36(40)37-25-21-33(29-41(37)49)50-42-14-10-12-16-44(42)51-45-17-13-11-15-43(45)50/h10-29H,1-9H3. The van der Waals surface area contributed by atoms with Crippen LogP contribution in [0.2, 0.25) is 0 Å². The molecule has 254 valence electrons. The molecule has 1 heterocycles. The van der Waals surface area contributed by atoms with Gasteiger partial charge in [0.1, 0.15) is 0 Å². The Kier molecular flexibility index (Phi) is 6.82. The first-order valence-corrected chi connectivity index (χ1v) is 19.3. The summed E-state index contributed by atoms with van der Waals surface area (Å²) in [5, 5.41) is 0. The topological polar surface area (TPSA) is 3.24 Å². The van der Waals surface area contributed by atoms with Crippen molar-refractivity contribution >= 4 is 28.8 Å². The smallest absolute Gasteiger partial charge is 0.0726 e. The molecular weight excluding hydrogens is 635 g/mol. The number of rotatable bonds is 1. The molecule has 0 unspecified atom stereocenters. The summed E-state index contributed by atoms with van der Waals surface area (Å²) in [5.41, 5.74) is 18.4. The molecule has 6 aromatic rings. The summed E-state index contributed by atoms with van der Waals surface area (Å²) >= 11 is 1.87. The SMILES string of the molecule is CC(C)(C)c1ccc2c(c1)C1(c3cc(N4c5ccccc5Sc5ccccc54)ccc3-2)c2cc(C(C)(C)C)ccc2-c2ccc(C(C)(C)C)cc21. The predicted molar refractivity (Wildman–Crippen MR) is 218 cm³/mol. The summed E-state index contributed by atoms with van der Waals surface area (Å²) in [6.45, 7) is 21.1. The molecule has 0 radical (unpaired) electrons. The molecule has 0 fully saturated rings. The maximum absolute atomic E-state index is 2.56.